The molecule has 0 spiro atoms. The molecule has 0 bridgehead atoms. The van der Waals surface area contributed by atoms with Gasteiger partial charge in [-0.25, -0.2) is 0 Å². The molecule has 0 amide bonds. The molecule has 0 saturated heterocycles. The van der Waals surface area contributed by atoms with Gasteiger partial charge in [-0.15, -0.1) is 0 Å². The maximum atomic E-state index is 10.3. The van der Waals surface area contributed by atoms with E-state index in [0.717, 1.165) is 30.6 Å². The van der Waals surface area contributed by atoms with Gasteiger partial charge >= 0.3 is 0 Å². The SMILES string of the molecule is CC1=C(c2ccccc2)[C@@]2(C)CC[C@H]3[C@@H]([C@H](C)C=C4C[C@@H](O)CC[C@@]43C)[C@@H]2C1. The van der Waals surface area contributed by atoms with Crippen LogP contribution in [0.1, 0.15) is 71.8 Å². The van der Waals surface area contributed by atoms with E-state index in [1.54, 1.807) is 16.7 Å². The Kier molecular flexibility index (Phi) is 4.22. The zero-order valence-electron chi connectivity index (χ0n) is 18.0. The fourth-order valence-corrected chi connectivity index (χ4v) is 8.11. The lowest BCUT2D eigenvalue weighted by molar-refractivity contribution is -0.0428. The molecule has 1 aromatic carbocycles. The van der Waals surface area contributed by atoms with Crippen molar-refractivity contribution in [3.63, 3.8) is 0 Å². The normalized spacial score (nSPS) is 45.2. The van der Waals surface area contributed by atoms with Gasteiger partial charge in [-0.05, 0) is 91.1 Å². The molecule has 4 aliphatic carbocycles. The first-order valence-electron chi connectivity index (χ1n) is 11.5. The van der Waals surface area contributed by atoms with Crippen LogP contribution in [0, 0.1) is 34.5 Å². The van der Waals surface area contributed by atoms with E-state index in [0.29, 0.717) is 16.7 Å². The number of fused-ring (bicyclic) bond motifs is 5. The Balaban J connectivity index is 1.55. The molecule has 0 aromatic heterocycles. The summed E-state index contributed by atoms with van der Waals surface area (Å²) in [5, 5.41) is 10.3. The molecule has 1 aromatic rings. The van der Waals surface area contributed by atoms with Crippen molar-refractivity contribution in [2.75, 3.05) is 0 Å². The average molecular weight is 377 g/mol. The van der Waals surface area contributed by atoms with Crippen molar-refractivity contribution in [1.82, 2.24) is 0 Å². The summed E-state index contributed by atoms with van der Waals surface area (Å²) in [7, 11) is 0. The molecule has 1 heteroatoms. The molecular formula is C27H36O. The van der Waals surface area contributed by atoms with Crippen LogP contribution in [0.5, 0.6) is 0 Å². The lowest BCUT2D eigenvalue weighted by atomic mass is 9.45. The van der Waals surface area contributed by atoms with E-state index in [2.05, 4.69) is 64.1 Å². The van der Waals surface area contributed by atoms with E-state index in [1.165, 1.54) is 31.2 Å². The van der Waals surface area contributed by atoms with Crippen LogP contribution in [-0.2, 0) is 0 Å². The molecule has 0 radical (unpaired) electrons. The molecular weight excluding hydrogens is 340 g/mol. The van der Waals surface area contributed by atoms with Crippen molar-refractivity contribution in [2.45, 2.75) is 72.3 Å². The standard InChI is InChI=1S/C27H36O/c1-17-14-20-16-21(28)10-12-26(20,3)22-11-13-27(4)23(24(17)22)15-18(2)25(27)19-8-6-5-7-9-19/h5-9,14,17,21-24,28H,10-13,15-16H2,1-4H3/t17-,21+,22+,23+,24-,26+,27+/m1/s1. The van der Waals surface area contributed by atoms with Gasteiger partial charge in [0.25, 0.3) is 0 Å². The van der Waals surface area contributed by atoms with Crippen LogP contribution in [0.3, 0.4) is 0 Å². The first-order valence-corrected chi connectivity index (χ1v) is 11.5. The maximum absolute atomic E-state index is 10.3. The van der Waals surface area contributed by atoms with Gasteiger partial charge in [-0.1, -0.05) is 68.3 Å². The number of aliphatic hydroxyl groups is 1. The minimum Gasteiger partial charge on any atom is -0.393 e. The minimum atomic E-state index is -0.114. The van der Waals surface area contributed by atoms with Gasteiger partial charge in [0.2, 0.25) is 0 Å². The summed E-state index contributed by atoms with van der Waals surface area (Å²) in [6.45, 7) is 9.97. The molecule has 1 N–H and O–H groups in total. The average Bonchev–Trinajstić information content (AvgIpc) is 2.94. The molecule has 7 atom stereocenters. The number of allylic oxidation sites excluding steroid dienone is 3. The second kappa shape index (κ2) is 6.33. The molecule has 0 unspecified atom stereocenters. The molecule has 2 saturated carbocycles. The summed E-state index contributed by atoms with van der Waals surface area (Å²) in [5.41, 5.74) is 6.95. The fourth-order valence-electron chi connectivity index (χ4n) is 8.11. The monoisotopic (exact) mass is 376 g/mol. The Morgan fingerprint density at radius 1 is 0.929 bits per heavy atom. The van der Waals surface area contributed by atoms with E-state index in [1.807, 2.05) is 0 Å². The lowest BCUT2D eigenvalue weighted by Gasteiger charge is -2.59. The van der Waals surface area contributed by atoms with Crippen LogP contribution in [0.25, 0.3) is 5.57 Å². The maximum Gasteiger partial charge on any atom is 0.0577 e. The lowest BCUT2D eigenvalue weighted by Crippen LogP contribution is -2.52. The number of rotatable bonds is 1. The topological polar surface area (TPSA) is 20.2 Å². The van der Waals surface area contributed by atoms with Crippen molar-refractivity contribution in [1.29, 1.82) is 0 Å². The molecule has 1 nitrogen and oxygen atoms in total. The largest absolute Gasteiger partial charge is 0.393 e. The Morgan fingerprint density at radius 2 is 1.64 bits per heavy atom. The van der Waals surface area contributed by atoms with E-state index >= 15 is 0 Å². The third-order valence-corrected chi connectivity index (χ3v) is 9.38. The van der Waals surface area contributed by atoms with Gasteiger partial charge in [0.15, 0.2) is 0 Å². The van der Waals surface area contributed by atoms with Gasteiger partial charge in [0, 0.05) is 0 Å². The van der Waals surface area contributed by atoms with Gasteiger partial charge in [0.05, 0.1) is 6.10 Å². The zero-order valence-corrected chi connectivity index (χ0v) is 18.0. The van der Waals surface area contributed by atoms with E-state index < -0.39 is 0 Å². The molecule has 0 heterocycles. The third kappa shape index (κ3) is 2.48. The van der Waals surface area contributed by atoms with Crippen LogP contribution < -0.4 is 0 Å². The molecule has 28 heavy (non-hydrogen) atoms. The summed E-state index contributed by atoms with van der Waals surface area (Å²) < 4.78 is 0. The Hall–Kier alpha value is -1.34. The van der Waals surface area contributed by atoms with Crippen LogP contribution in [0.4, 0.5) is 0 Å². The second-order valence-electron chi connectivity index (χ2n) is 10.8. The number of hydrogen-bond acceptors (Lipinski definition) is 1. The zero-order chi connectivity index (χ0) is 19.7. The van der Waals surface area contributed by atoms with Gasteiger partial charge in [-0.3, -0.25) is 0 Å². The van der Waals surface area contributed by atoms with Crippen molar-refractivity contribution in [3.05, 3.63) is 53.1 Å². The summed E-state index contributed by atoms with van der Waals surface area (Å²) in [6.07, 6.45) is 9.48. The molecule has 4 aliphatic rings. The van der Waals surface area contributed by atoms with Gasteiger partial charge in [-0.2, -0.15) is 0 Å². The van der Waals surface area contributed by atoms with Crippen LogP contribution in [0.15, 0.2) is 47.6 Å². The van der Waals surface area contributed by atoms with Crippen molar-refractivity contribution in [3.8, 4) is 0 Å². The summed E-state index contributed by atoms with van der Waals surface area (Å²) in [4.78, 5) is 0. The van der Waals surface area contributed by atoms with Crippen molar-refractivity contribution >= 4 is 5.57 Å². The van der Waals surface area contributed by atoms with Crippen LogP contribution >= 0.6 is 0 Å². The predicted octanol–water partition coefficient (Wildman–Crippen LogP) is 6.64. The van der Waals surface area contributed by atoms with Crippen molar-refractivity contribution < 1.29 is 5.11 Å². The third-order valence-electron chi connectivity index (χ3n) is 9.38. The smallest absolute Gasteiger partial charge is 0.0577 e. The van der Waals surface area contributed by atoms with Crippen LogP contribution in [-0.4, -0.2) is 11.2 Å². The van der Waals surface area contributed by atoms with Gasteiger partial charge in [0.1, 0.15) is 0 Å². The Morgan fingerprint density at radius 3 is 2.39 bits per heavy atom. The van der Waals surface area contributed by atoms with Crippen molar-refractivity contribution in [2.24, 2.45) is 34.5 Å². The van der Waals surface area contributed by atoms with E-state index in [4.69, 9.17) is 0 Å². The molecule has 5 rings (SSSR count). The Bertz CT molecular complexity index is 833. The first-order chi connectivity index (χ1) is 13.3. The first kappa shape index (κ1) is 18.7. The summed E-state index contributed by atoms with van der Waals surface area (Å²) in [5.74, 6) is 2.96. The quantitative estimate of drug-likeness (QED) is 0.545. The molecule has 2 fully saturated rings. The predicted molar refractivity (Wildman–Crippen MR) is 117 cm³/mol. The van der Waals surface area contributed by atoms with E-state index in [-0.39, 0.29) is 6.10 Å². The minimum absolute atomic E-state index is 0.114. The highest BCUT2D eigenvalue weighted by molar-refractivity contribution is 5.75. The van der Waals surface area contributed by atoms with E-state index in [9.17, 15) is 5.11 Å². The number of aliphatic hydroxyl groups excluding tert-OH is 1. The number of hydrogen-bond donors (Lipinski definition) is 1. The highest BCUT2D eigenvalue weighted by Gasteiger charge is 2.59. The van der Waals surface area contributed by atoms with Crippen LogP contribution in [0.2, 0.25) is 0 Å². The Labute approximate surface area is 170 Å². The molecule has 0 aliphatic heterocycles. The fraction of sp³-hybridized carbons (Fsp3) is 0.630. The highest BCUT2D eigenvalue weighted by atomic mass is 16.3. The number of benzene rings is 1. The summed E-state index contributed by atoms with van der Waals surface area (Å²) in [6, 6.07) is 11.2. The van der Waals surface area contributed by atoms with Gasteiger partial charge < -0.3 is 5.11 Å². The summed E-state index contributed by atoms with van der Waals surface area (Å²) >= 11 is 0. The highest BCUT2D eigenvalue weighted by Crippen LogP contribution is 2.68. The molecule has 150 valence electrons. The second-order valence-corrected chi connectivity index (χ2v) is 10.8.